The SMILES string of the molecule is CCCC1CNC(=O)[C@H]1c1cc(C(=O)NCc2cnc(C)cn2)cc(-c2ccc(C)cn2)c1. The van der Waals surface area contributed by atoms with E-state index in [0.717, 1.165) is 40.9 Å². The quantitative estimate of drug-likeness (QED) is 0.580. The Balaban J connectivity index is 1.67. The van der Waals surface area contributed by atoms with Crippen LogP contribution in [0.4, 0.5) is 0 Å². The number of rotatable bonds is 7. The zero-order valence-electron chi connectivity index (χ0n) is 19.3. The minimum Gasteiger partial charge on any atom is -0.355 e. The smallest absolute Gasteiger partial charge is 0.251 e. The summed E-state index contributed by atoms with van der Waals surface area (Å²) in [7, 11) is 0. The fraction of sp³-hybridized carbons (Fsp3) is 0.346. The molecule has 1 saturated heterocycles. The lowest BCUT2D eigenvalue weighted by Gasteiger charge is -2.18. The van der Waals surface area contributed by atoms with Crippen molar-refractivity contribution in [3.63, 3.8) is 0 Å². The third kappa shape index (κ3) is 5.25. The Kier molecular flexibility index (Phi) is 6.77. The minimum absolute atomic E-state index is 0.0174. The normalized spacial score (nSPS) is 17.6. The molecular formula is C26H29N5O2. The van der Waals surface area contributed by atoms with Crippen LogP contribution in [0, 0.1) is 19.8 Å². The summed E-state index contributed by atoms with van der Waals surface area (Å²) in [6.07, 6.45) is 7.09. The number of pyridine rings is 1. The van der Waals surface area contributed by atoms with Crippen LogP contribution in [0.5, 0.6) is 0 Å². The molecule has 1 aliphatic rings. The van der Waals surface area contributed by atoms with E-state index in [1.165, 1.54) is 0 Å². The Bertz CT molecular complexity index is 1140. The standard InChI is InChI=1S/C26H29N5O2/c1-4-5-18-13-30-26(33)24(18)20-8-19(23-7-6-16(2)11-29-23)9-21(10-20)25(32)31-15-22-14-27-17(3)12-28-22/h6-12,14,18,24H,4-5,13,15H2,1-3H3,(H,30,33)(H,31,32)/t18?,24-/m1/s1. The van der Waals surface area contributed by atoms with E-state index in [1.807, 2.05) is 44.2 Å². The summed E-state index contributed by atoms with van der Waals surface area (Å²) in [6.45, 7) is 6.92. The van der Waals surface area contributed by atoms with Crippen molar-refractivity contribution in [2.75, 3.05) is 6.54 Å². The van der Waals surface area contributed by atoms with Crippen LogP contribution in [0.1, 0.15) is 58.6 Å². The third-order valence-corrected chi connectivity index (χ3v) is 6.00. The van der Waals surface area contributed by atoms with E-state index in [4.69, 9.17) is 0 Å². The second-order valence-corrected chi connectivity index (χ2v) is 8.67. The number of carbonyl (C=O) groups is 2. The molecule has 0 aliphatic carbocycles. The first-order valence-corrected chi connectivity index (χ1v) is 11.4. The molecule has 7 heteroatoms. The van der Waals surface area contributed by atoms with Gasteiger partial charge in [0.05, 0.1) is 35.7 Å². The highest BCUT2D eigenvalue weighted by atomic mass is 16.2. The fourth-order valence-corrected chi connectivity index (χ4v) is 4.27. The number of hydrogen-bond acceptors (Lipinski definition) is 5. The number of benzene rings is 1. The maximum absolute atomic E-state index is 13.1. The summed E-state index contributed by atoms with van der Waals surface area (Å²) in [6, 6.07) is 9.60. The van der Waals surface area contributed by atoms with E-state index in [-0.39, 0.29) is 30.2 Å². The first-order chi connectivity index (χ1) is 15.9. The summed E-state index contributed by atoms with van der Waals surface area (Å²) in [5.74, 6) is -0.269. The maximum atomic E-state index is 13.1. The first-order valence-electron chi connectivity index (χ1n) is 11.4. The predicted octanol–water partition coefficient (Wildman–Crippen LogP) is 3.72. The number of amides is 2. The van der Waals surface area contributed by atoms with Gasteiger partial charge in [-0.2, -0.15) is 0 Å². The molecule has 2 atom stereocenters. The molecule has 33 heavy (non-hydrogen) atoms. The Morgan fingerprint density at radius 3 is 2.64 bits per heavy atom. The van der Waals surface area contributed by atoms with Crippen molar-refractivity contribution in [2.24, 2.45) is 5.92 Å². The van der Waals surface area contributed by atoms with E-state index >= 15 is 0 Å². The molecule has 7 nitrogen and oxygen atoms in total. The van der Waals surface area contributed by atoms with Crippen molar-refractivity contribution in [2.45, 2.75) is 46.1 Å². The average Bonchev–Trinajstić information content (AvgIpc) is 3.19. The number of nitrogens with one attached hydrogen (secondary N) is 2. The van der Waals surface area contributed by atoms with Gasteiger partial charge in [-0.05, 0) is 61.6 Å². The molecule has 1 fully saturated rings. The van der Waals surface area contributed by atoms with Crippen molar-refractivity contribution >= 4 is 11.8 Å². The lowest BCUT2D eigenvalue weighted by atomic mass is 9.84. The maximum Gasteiger partial charge on any atom is 0.251 e. The van der Waals surface area contributed by atoms with Crippen LogP contribution < -0.4 is 10.6 Å². The Morgan fingerprint density at radius 1 is 1.09 bits per heavy atom. The number of aryl methyl sites for hydroxylation is 2. The second-order valence-electron chi connectivity index (χ2n) is 8.67. The van der Waals surface area contributed by atoms with Crippen molar-refractivity contribution in [3.05, 3.63) is 77.0 Å². The molecule has 0 saturated carbocycles. The molecule has 0 bridgehead atoms. The Labute approximate surface area is 194 Å². The molecule has 2 N–H and O–H groups in total. The predicted molar refractivity (Wildman–Crippen MR) is 126 cm³/mol. The van der Waals surface area contributed by atoms with Crippen LogP contribution in [0.2, 0.25) is 0 Å². The van der Waals surface area contributed by atoms with E-state index in [0.29, 0.717) is 17.8 Å². The summed E-state index contributed by atoms with van der Waals surface area (Å²) < 4.78 is 0. The second kappa shape index (κ2) is 9.90. The lowest BCUT2D eigenvalue weighted by molar-refractivity contribution is -0.120. The van der Waals surface area contributed by atoms with E-state index in [9.17, 15) is 9.59 Å². The number of aromatic nitrogens is 3. The van der Waals surface area contributed by atoms with Crippen LogP contribution in [0.15, 0.2) is 48.9 Å². The lowest BCUT2D eigenvalue weighted by Crippen LogP contribution is -2.24. The first kappa shape index (κ1) is 22.6. The number of carbonyl (C=O) groups excluding carboxylic acids is 2. The molecule has 1 unspecified atom stereocenters. The topological polar surface area (TPSA) is 96.9 Å². The molecule has 3 heterocycles. The van der Waals surface area contributed by atoms with Gasteiger partial charge in [0.25, 0.3) is 5.91 Å². The van der Waals surface area contributed by atoms with Crippen LogP contribution >= 0.6 is 0 Å². The van der Waals surface area contributed by atoms with E-state index in [1.54, 1.807) is 18.6 Å². The molecule has 0 radical (unpaired) electrons. The zero-order chi connectivity index (χ0) is 23.4. The Morgan fingerprint density at radius 2 is 1.94 bits per heavy atom. The molecule has 1 aromatic carbocycles. The third-order valence-electron chi connectivity index (χ3n) is 6.00. The van der Waals surface area contributed by atoms with Crippen LogP contribution in [-0.2, 0) is 11.3 Å². The van der Waals surface area contributed by atoms with Gasteiger partial charge in [0.15, 0.2) is 0 Å². The van der Waals surface area contributed by atoms with Crippen LogP contribution in [0.25, 0.3) is 11.3 Å². The van der Waals surface area contributed by atoms with Crippen LogP contribution in [0.3, 0.4) is 0 Å². The molecule has 4 rings (SSSR count). The number of hydrogen-bond donors (Lipinski definition) is 2. The zero-order valence-corrected chi connectivity index (χ0v) is 19.3. The highest BCUT2D eigenvalue weighted by Gasteiger charge is 2.35. The minimum atomic E-state index is -0.273. The summed E-state index contributed by atoms with van der Waals surface area (Å²) in [5, 5.41) is 5.92. The summed E-state index contributed by atoms with van der Waals surface area (Å²) >= 11 is 0. The van der Waals surface area contributed by atoms with Gasteiger partial charge in [-0.3, -0.25) is 24.5 Å². The molecule has 0 spiro atoms. The molecular weight excluding hydrogens is 414 g/mol. The van der Waals surface area contributed by atoms with Gasteiger partial charge in [-0.1, -0.05) is 19.4 Å². The molecule has 2 aromatic heterocycles. The van der Waals surface area contributed by atoms with Crippen molar-refractivity contribution in [1.29, 1.82) is 0 Å². The molecule has 3 aromatic rings. The van der Waals surface area contributed by atoms with Gasteiger partial charge in [0.2, 0.25) is 5.91 Å². The van der Waals surface area contributed by atoms with Gasteiger partial charge >= 0.3 is 0 Å². The molecule has 2 amide bonds. The highest BCUT2D eigenvalue weighted by molar-refractivity contribution is 5.96. The average molecular weight is 444 g/mol. The summed E-state index contributed by atoms with van der Waals surface area (Å²) in [4.78, 5) is 38.9. The van der Waals surface area contributed by atoms with E-state index < -0.39 is 0 Å². The highest BCUT2D eigenvalue weighted by Crippen LogP contribution is 2.35. The fourth-order valence-electron chi connectivity index (χ4n) is 4.27. The Hall–Kier alpha value is -3.61. The largest absolute Gasteiger partial charge is 0.355 e. The monoisotopic (exact) mass is 443 g/mol. The van der Waals surface area contributed by atoms with Crippen LogP contribution in [-0.4, -0.2) is 33.3 Å². The van der Waals surface area contributed by atoms with Crippen molar-refractivity contribution < 1.29 is 9.59 Å². The van der Waals surface area contributed by atoms with Crippen molar-refractivity contribution in [3.8, 4) is 11.3 Å². The van der Waals surface area contributed by atoms with Gasteiger partial charge in [-0.15, -0.1) is 0 Å². The van der Waals surface area contributed by atoms with Gasteiger partial charge in [0, 0.05) is 30.1 Å². The molecule has 170 valence electrons. The molecule has 1 aliphatic heterocycles. The van der Waals surface area contributed by atoms with Gasteiger partial charge < -0.3 is 10.6 Å². The number of nitrogens with zero attached hydrogens (tertiary/aromatic N) is 3. The summed E-state index contributed by atoms with van der Waals surface area (Å²) in [5.41, 5.74) is 5.51. The van der Waals surface area contributed by atoms with Gasteiger partial charge in [0.1, 0.15) is 0 Å². The van der Waals surface area contributed by atoms with Gasteiger partial charge in [-0.25, -0.2) is 0 Å². The van der Waals surface area contributed by atoms with Crippen molar-refractivity contribution in [1.82, 2.24) is 25.6 Å². The van der Waals surface area contributed by atoms with E-state index in [2.05, 4.69) is 32.5 Å².